The first-order valence-corrected chi connectivity index (χ1v) is 12.7. The van der Waals surface area contributed by atoms with Gasteiger partial charge in [0.25, 0.3) is 10.0 Å². The van der Waals surface area contributed by atoms with Crippen molar-refractivity contribution in [2.24, 2.45) is 0 Å². The third-order valence-electron chi connectivity index (χ3n) is 4.68. The van der Waals surface area contributed by atoms with E-state index in [1.807, 2.05) is 11.0 Å². The molecule has 0 saturated carbocycles. The lowest BCUT2D eigenvalue weighted by atomic mass is 9.97. The van der Waals surface area contributed by atoms with Crippen LogP contribution in [0.5, 0.6) is 0 Å². The molecule has 0 radical (unpaired) electrons. The fraction of sp³-hybridized carbons (Fsp3) is 0.316. The van der Waals surface area contributed by atoms with Gasteiger partial charge in [0.1, 0.15) is 10.6 Å². The van der Waals surface area contributed by atoms with Gasteiger partial charge >= 0.3 is 0 Å². The second-order valence-electron chi connectivity index (χ2n) is 6.76. The van der Waals surface area contributed by atoms with Gasteiger partial charge in [-0.05, 0) is 61.8 Å². The highest BCUT2D eigenvalue weighted by molar-refractivity contribution is 7.98. The predicted molar refractivity (Wildman–Crippen MR) is 117 cm³/mol. The van der Waals surface area contributed by atoms with Crippen LogP contribution in [-0.2, 0) is 27.7 Å². The van der Waals surface area contributed by atoms with Crippen LogP contribution in [0.3, 0.4) is 0 Å². The predicted octanol–water partition coefficient (Wildman–Crippen LogP) is 3.86. The number of carbonyl (C=O) groups is 1. The lowest BCUT2D eigenvalue weighted by Crippen LogP contribution is -2.28. The summed E-state index contributed by atoms with van der Waals surface area (Å²) in [5.74, 6) is 0.124. The first-order valence-electron chi connectivity index (χ1n) is 9.14. The summed E-state index contributed by atoms with van der Waals surface area (Å²) < 4.78 is 26.2. The third-order valence-corrected chi connectivity index (χ3v) is 7.86. The van der Waals surface area contributed by atoms with E-state index >= 15 is 0 Å². The van der Waals surface area contributed by atoms with Gasteiger partial charge in [0, 0.05) is 17.5 Å². The fourth-order valence-electron chi connectivity index (χ4n) is 3.42. The Balaban J connectivity index is 1.70. The lowest BCUT2D eigenvalue weighted by Gasteiger charge is -2.13. The SMILES string of the molecule is CSc1nc(Nc2ccc(S(=O)(=O)NC(C)=O)cc2)c2c3c(sc2n1)CCCC3. The Kier molecular flexibility index (Phi) is 5.50. The van der Waals surface area contributed by atoms with Gasteiger partial charge in [-0.3, -0.25) is 4.79 Å². The van der Waals surface area contributed by atoms with E-state index in [1.54, 1.807) is 23.5 Å². The molecule has 0 bridgehead atoms. The first kappa shape index (κ1) is 20.1. The normalized spacial score (nSPS) is 13.9. The number of hydrogen-bond donors (Lipinski definition) is 2. The minimum atomic E-state index is -3.85. The molecule has 1 amide bonds. The Morgan fingerprint density at radius 3 is 2.55 bits per heavy atom. The Bertz CT molecular complexity index is 1190. The molecule has 1 aliphatic rings. The quantitative estimate of drug-likeness (QED) is 0.451. The zero-order valence-corrected chi connectivity index (χ0v) is 18.4. The van der Waals surface area contributed by atoms with Crippen LogP contribution in [0.25, 0.3) is 10.2 Å². The van der Waals surface area contributed by atoms with Gasteiger partial charge in [-0.25, -0.2) is 23.1 Å². The van der Waals surface area contributed by atoms with E-state index in [-0.39, 0.29) is 4.90 Å². The van der Waals surface area contributed by atoms with E-state index in [9.17, 15) is 13.2 Å². The van der Waals surface area contributed by atoms with Crippen molar-refractivity contribution < 1.29 is 13.2 Å². The Morgan fingerprint density at radius 2 is 1.86 bits per heavy atom. The van der Waals surface area contributed by atoms with Gasteiger partial charge < -0.3 is 5.32 Å². The summed E-state index contributed by atoms with van der Waals surface area (Å²) in [6.07, 6.45) is 6.42. The van der Waals surface area contributed by atoms with Gasteiger partial charge in [-0.15, -0.1) is 11.3 Å². The van der Waals surface area contributed by atoms with Crippen molar-refractivity contribution in [1.29, 1.82) is 0 Å². The molecule has 1 aliphatic carbocycles. The van der Waals surface area contributed by atoms with Crippen molar-refractivity contribution >= 4 is 60.8 Å². The highest BCUT2D eigenvalue weighted by Gasteiger charge is 2.21. The number of nitrogens with one attached hydrogen (secondary N) is 2. The molecule has 7 nitrogen and oxygen atoms in total. The van der Waals surface area contributed by atoms with Crippen LogP contribution in [0, 0.1) is 0 Å². The van der Waals surface area contributed by atoms with E-state index in [0.29, 0.717) is 5.16 Å². The van der Waals surface area contributed by atoms with Crippen LogP contribution >= 0.6 is 23.1 Å². The van der Waals surface area contributed by atoms with Gasteiger partial charge in [-0.2, -0.15) is 0 Å². The summed E-state index contributed by atoms with van der Waals surface area (Å²) in [6, 6.07) is 6.26. The molecule has 2 N–H and O–H groups in total. The number of sulfonamides is 1. The number of carbonyl (C=O) groups excluding carboxylic acids is 1. The summed E-state index contributed by atoms with van der Waals surface area (Å²) >= 11 is 3.23. The molecule has 29 heavy (non-hydrogen) atoms. The maximum Gasteiger partial charge on any atom is 0.264 e. The summed E-state index contributed by atoms with van der Waals surface area (Å²) in [5.41, 5.74) is 2.05. The topological polar surface area (TPSA) is 101 Å². The van der Waals surface area contributed by atoms with Crippen molar-refractivity contribution in [1.82, 2.24) is 14.7 Å². The molecule has 0 unspecified atom stereocenters. The van der Waals surface area contributed by atoms with E-state index < -0.39 is 15.9 Å². The minimum Gasteiger partial charge on any atom is -0.340 e. The molecule has 0 aliphatic heterocycles. The van der Waals surface area contributed by atoms with Crippen LogP contribution in [0.15, 0.2) is 34.3 Å². The zero-order chi connectivity index (χ0) is 20.6. The number of nitrogens with zero attached hydrogens (tertiary/aromatic N) is 2. The second-order valence-corrected chi connectivity index (χ2v) is 10.3. The number of hydrogen-bond acceptors (Lipinski definition) is 8. The van der Waals surface area contributed by atoms with Crippen LogP contribution in [-0.4, -0.2) is 30.5 Å². The van der Waals surface area contributed by atoms with E-state index in [1.165, 1.54) is 47.7 Å². The standard InChI is InChI=1S/C19H20N4O3S3/c1-11(24)23-29(25,26)13-9-7-12(8-10-13)20-17-16-14-5-3-4-6-15(14)28-18(16)22-19(21-17)27-2/h7-10H,3-6H2,1-2H3,(H,23,24)(H,20,21,22). The van der Waals surface area contributed by atoms with Crippen LogP contribution in [0.4, 0.5) is 11.5 Å². The zero-order valence-electron chi connectivity index (χ0n) is 16.0. The Labute approximate surface area is 177 Å². The number of aryl methyl sites for hydroxylation is 2. The maximum absolute atomic E-state index is 12.1. The van der Waals surface area contributed by atoms with Gasteiger partial charge in [-0.1, -0.05) is 11.8 Å². The third kappa shape index (κ3) is 4.10. The summed E-state index contributed by atoms with van der Waals surface area (Å²) in [5, 5.41) is 5.10. The van der Waals surface area contributed by atoms with Gasteiger partial charge in [0.05, 0.1) is 10.3 Å². The van der Waals surface area contributed by atoms with Crippen molar-refractivity contribution in [2.75, 3.05) is 11.6 Å². The van der Waals surface area contributed by atoms with Crippen molar-refractivity contribution in [3.05, 3.63) is 34.7 Å². The molecular formula is C19H20N4O3S3. The highest BCUT2D eigenvalue weighted by Crippen LogP contribution is 2.40. The van der Waals surface area contributed by atoms with Gasteiger partial charge in [0.15, 0.2) is 5.16 Å². The molecule has 0 saturated heterocycles. The summed E-state index contributed by atoms with van der Waals surface area (Å²) in [4.78, 5) is 22.9. The van der Waals surface area contributed by atoms with Crippen LogP contribution in [0.1, 0.15) is 30.2 Å². The number of benzene rings is 1. The molecule has 0 spiro atoms. The molecule has 2 aromatic heterocycles. The van der Waals surface area contributed by atoms with Gasteiger partial charge in [0.2, 0.25) is 5.91 Å². The number of anilines is 2. The molecular weight excluding hydrogens is 428 g/mol. The number of thiophene rings is 1. The molecule has 1 aromatic carbocycles. The molecule has 152 valence electrons. The molecule has 3 aromatic rings. The molecule has 0 fully saturated rings. The smallest absolute Gasteiger partial charge is 0.264 e. The van der Waals surface area contributed by atoms with Crippen molar-refractivity contribution in [2.45, 2.75) is 42.7 Å². The number of amides is 1. The number of rotatable bonds is 5. The Morgan fingerprint density at radius 1 is 1.14 bits per heavy atom. The summed E-state index contributed by atoms with van der Waals surface area (Å²) in [6.45, 7) is 1.17. The highest BCUT2D eigenvalue weighted by atomic mass is 32.2. The molecule has 0 atom stereocenters. The Hall–Kier alpha value is -2.17. The van der Waals surface area contributed by atoms with Crippen LogP contribution in [0.2, 0.25) is 0 Å². The number of thioether (sulfide) groups is 1. The largest absolute Gasteiger partial charge is 0.340 e. The molecule has 2 heterocycles. The maximum atomic E-state index is 12.1. The molecule has 10 heteroatoms. The first-order chi connectivity index (χ1) is 13.9. The average Bonchev–Trinajstić information content (AvgIpc) is 3.06. The van der Waals surface area contributed by atoms with Crippen molar-refractivity contribution in [3.63, 3.8) is 0 Å². The van der Waals surface area contributed by atoms with E-state index in [2.05, 4.69) is 15.3 Å². The monoisotopic (exact) mass is 448 g/mol. The number of aromatic nitrogens is 2. The van der Waals surface area contributed by atoms with E-state index in [0.717, 1.165) is 41.0 Å². The number of fused-ring (bicyclic) bond motifs is 3. The molecule has 4 rings (SSSR count). The van der Waals surface area contributed by atoms with Crippen LogP contribution < -0.4 is 10.0 Å². The van der Waals surface area contributed by atoms with E-state index in [4.69, 9.17) is 0 Å². The fourth-order valence-corrected chi connectivity index (χ4v) is 6.10. The second kappa shape index (κ2) is 7.92. The average molecular weight is 449 g/mol. The van der Waals surface area contributed by atoms with Crippen molar-refractivity contribution in [3.8, 4) is 0 Å². The lowest BCUT2D eigenvalue weighted by molar-refractivity contribution is -0.117. The minimum absolute atomic E-state index is 0.0313. The summed E-state index contributed by atoms with van der Waals surface area (Å²) in [7, 11) is -3.85.